The highest BCUT2D eigenvalue weighted by molar-refractivity contribution is 5.94. The fourth-order valence-corrected chi connectivity index (χ4v) is 2.67. The molecule has 3 rings (SSSR count). The lowest BCUT2D eigenvalue weighted by atomic mass is 9.83. The average molecular weight is 315 g/mol. The van der Waals surface area contributed by atoms with E-state index in [2.05, 4.69) is 10.4 Å². The number of hydrogen-bond donors (Lipinski definition) is 2. The molecule has 0 bridgehead atoms. The number of carbonyl (C=O) groups excluding carboxylic acids is 1. The van der Waals surface area contributed by atoms with Crippen LogP contribution in [-0.4, -0.2) is 27.9 Å². The molecular weight excluding hydrogens is 294 g/mol. The van der Waals surface area contributed by atoms with Gasteiger partial charge in [-0.25, -0.2) is 0 Å². The van der Waals surface area contributed by atoms with Crippen molar-refractivity contribution in [3.8, 4) is 5.75 Å². The fourth-order valence-electron chi connectivity index (χ4n) is 2.67. The number of aliphatic hydroxyl groups is 1. The molecule has 1 fully saturated rings. The Balaban J connectivity index is 1.71. The third kappa shape index (κ3) is 3.22. The molecule has 1 aliphatic carbocycles. The molecule has 1 saturated carbocycles. The molecule has 0 spiro atoms. The summed E-state index contributed by atoms with van der Waals surface area (Å²) in [6.07, 6.45) is 2.28. The van der Waals surface area contributed by atoms with E-state index < -0.39 is 12.0 Å². The summed E-state index contributed by atoms with van der Waals surface area (Å²) in [7, 11) is 3.33. The zero-order valence-electron chi connectivity index (χ0n) is 13.3. The first-order chi connectivity index (χ1) is 11.1. The smallest absolute Gasteiger partial charge is 0.258 e. The van der Waals surface area contributed by atoms with E-state index in [4.69, 9.17) is 4.74 Å². The number of nitrogens with one attached hydrogen (secondary N) is 1. The van der Waals surface area contributed by atoms with E-state index in [1.165, 1.54) is 6.42 Å². The first kappa shape index (κ1) is 15.6. The minimum atomic E-state index is -1.26. The number of ether oxygens (including phenoxy) is 1. The van der Waals surface area contributed by atoms with Crippen molar-refractivity contribution in [3.05, 3.63) is 41.6 Å². The zero-order chi connectivity index (χ0) is 16.4. The maximum Gasteiger partial charge on any atom is 0.258 e. The number of anilines is 1. The maximum absolute atomic E-state index is 12.3. The number of rotatable bonds is 5. The molecule has 1 aliphatic rings. The van der Waals surface area contributed by atoms with Crippen LogP contribution in [0.3, 0.4) is 0 Å². The number of hydrogen-bond acceptors (Lipinski definition) is 4. The highest BCUT2D eigenvalue weighted by Gasteiger charge is 2.24. The zero-order valence-corrected chi connectivity index (χ0v) is 13.3. The molecule has 2 N–H and O–H groups in total. The Hall–Kier alpha value is -2.34. The van der Waals surface area contributed by atoms with Gasteiger partial charge in [-0.2, -0.15) is 5.10 Å². The summed E-state index contributed by atoms with van der Waals surface area (Å²) in [5, 5.41) is 17.4. The average Bonchev–Trinajstić information content (AvgIpc) is 2.85. The molecule has 23 heavy (non-hydrogen) atoms. The van der Waals surface area contributed by atoms with Crippen molar-refractivity contribution >= 4 is 11.7 Å². The van der Waals surface area contributed by atoms with Crippen LogP contribution in [0.4, 0.5) is 5.82 Å². The number of nitrogens with zero attached hydrogens (tertiary/aromatic N) is 2. The highest BCUT2D eigenvalue weighted by Crippen LogP contribution is 2.36. The van der Waals surface area contributed by atoms with Gasteiger partial charge in [0.2, 0.25) is 0 Å². The summed E-state index contributed by atoms with van der Waals surface area (Å²) >= 11 is 0. The van der Waals surface area contributed by atoms with Gasteiger partial charge < -0.3 is 15.2 Å². The van der Waals surface area contributed by atoms with Crippen molar-refractivity contribution in [2.75, 3.05) is 12.4 Å². The first-order valence-corrected chi connectivity index (χ1v) is 7.75. The largest absolute Gasteiger partial charge is 0.497 e. The topological polar surface area (TPSA) is 76.4 Å². The normalized spacial score (nSPS) is 15.8. The van der Waals surface area contributed by atoms with Gasteiger partial charge in [-0.3, -0.25) is 9.48 Å². The Kier molecular flexibility index (Phi) is 4.34. The van der Waals surface area contributed by atoms with Gasteiger partial charge >= 0.3 is 0 Å². The molecule has 1 aromatic heterocycles. The fraction of sp³-hybridized carbons (Fsp3) is 0.412. The number of amides is 1. The second kappa shape index (κ2) is 6.42. The summed E-state index contributed by atoms with van der Waals surface area (Å²) in [5.74, 6) is 1.21. The van der Waals surface area contributed by atoms with Crippen LogP contribution >= 0.6 is 0 Å². The van der Waals surface area contributed by atoms with Gasteiger partial charge in [-0.1, -0.05) is 18.6 Å². The van der Waals surface area contributed by atoms with Gasteiger partial charge in [-0.05, 0) is 30.5 Å². The first-order valence-electron chi connectivity index (χ1n) is 7.75. The predicted octanol–water partition coefficient (Wildman–Crippen LogP) is 2.37. The summed E-state index contributed by atoms with van der Waals surface area (Å²) < 4.78 is 6.76. The minimum absolute atomic E-state index is 0.485. The molecule has 1 amide bonds. The van der Waals surface area contributed by atoms with Gasteiger partial charge in [0.05, 0.1) is 12.8 Å². The standard InChI is InChI=1S/C17H21N3O3/c1-20-15(10-14(19-20)11-5-3-6-11)18-17(22)16(21)12-7-4-8-13(9-12)23-2/h4,7-11,16,21H,3,5-6H2,1-2H3,(H,18,22). The number of aryl methyl sites for hydroxylation is 1. The summed E-state index contributed by atoms with van der Waals surface area (Å²) in [5.41, 5.74) is 1.49. The van der Waals surface area contributed by atoms with Crippen molar-refractivity contribution in [1.29, 1.82) is 0 Å². The van der Waals surface area contributed by atoms with E-state index in [1.807, 2.05) is 6.07 Å². The quantitative estimate of drug-likeness (QED) is 0.888. The van der Waals surface area contributed by atoms with Gasteiger partial charge in [0.25, 0.3) is 5.91 Å². The molecule has 0 aliphatic heterocycles. The molecule has 6 nitrogen and oxygen atoms in total. The molecule has 6 heteroatoms. The van der Waals surface area contributed by atoms with E-state index in [0.717, 1.165) is 18.5 Å². The second-order valence-corrected chi connectivity index (χ2v) is 5.87. The molecule has 1 unspecified atom stereocenters. The number of carbonyl (C=O) groups is 1. The predicted molar refractivity (Wildman–Crippen MR) is 86.4 cm³/mol. The Bertz CT molecular complexity index is 707. The maximum atomic E-state index is 12.3. The molecule has 1 heterocycles. The van der Waals surface area contributed by atoms with Crippen LogP contribution in [0.5, 0.6) is 5.75 Å². The molecule has 2 aromatic rings. The van der Waals surface area contributed by atoms with Crippen LogP contribution < -0.4 is 10.1 Å². The van der Waals surface area contributed by atoms with Crippen LogP contribution in [0, 0.1) is 0 Å². The van der Waals surface area contributed by atoms with Crippen LogP contribution in [-0.2, 0) is 11.8 Å². The number of benzene rings is 1. The van der Waals surface area contributed by atoms with Crippen molar-refractivity contribution in [2.45, 2.75) is 31.3 Å². The highest BCUT2D eigenvalue weighted by atomic mass is 16.5. The molecular formula is C17H21N3O3. The Morgan fingerprint density at radius 1 is 1.43 bits per heavy atom. The van der Waals surface area contributed by atoms with Crippen molar-refractivity contribution in [2.24, 2.45) is 7.05 Å². The van der Waals surface area contributed by atoms with Crippen LogP contribution in [0.15, 0.2) is 30.3 Å². The minimum Gasteiger partial charge on any atom is -0.497 e. The molecule has 1 atom stereocenters. The Morgan fingerprint density at radius 3 is 2.87 bits per heavy atom. The van der Waals surface area contributed by atoms with E-state index in [0.29, 0.717) is 23.0 Å². The van der Waals surface area contributed by atoms with Gasteiger partial charge in [-0.15, -0.1) is 0 Å². The molecule has 122 valence electrons. The lowest BCUT2D eigenvalue weighted by molar-refractivity contribution is -0.124. The summed E-state index contributed by atoms with van der Waals surface area (Å²) in [6.45, 7) is 0. The number of methoxy groups -OCH3 is 1. The Labute approximate surface area is 135 Å². The van der Waals surface area contributed by atoms with E-state index in [9.17, 15) is 9.90 Å². The van der Waals surface area contributed by atoms with Crippen molar-refractivity contribution in [3.63, 3.8) is 0 Å². The number of aromatic nitrogens is 2. The van der Waals surface area contributed by atoms with Crippen molar-refractivity contribution < 1.29 is 14.6 Å². The Morgan fingerprint density at radius 2 is 2.22 bits per heavy atom. The van der Waals surface area contributed by atoms with Gasteiger partial charge in [0.1, 0.15) is 11.6 Å². The van der Waals surface area contributed by atoms with Crippen molar-refractivity contribution in [1.82, 2.24) is 9.78 Å². The van der Waals surface area contributed by atoms with E-state index in [1.54, 1.807) is 43.1 Å². The third-order valence-electron chi connectivity index (χ3n) is 4.33. The molecule has 1 aromatic carbocycles. The number of aliphatic hydroxyl groups excluding tert-OH is 1. The summed E-state index contributed by atoms with van der Waals surface area (Å²) in [6, 6.07) is 8.73. The van der Waals surface area contributed by atoms with Crippen LogP contribution in [0.1, 0.15) is 42.5 Å². The van der Waals surface area contributed by atoms with Gasteiger partial charge in [0, 0.05) is 19.0 Å². The second-order valence-electron chi connectivity index (χ2n) is 5.87. The van der Waals surface area contributed by atoms with Crippen LogP contribution in [0.25, 0.3) is 0 Å². The van der Waals surface area contributed by atoms with E-state index in [-0.39, 0.29) is 0 Å². The van der Waals surface area contributed by atoms with E-state index >= 15 is 0 Å². The van der Waals surface area contributed by atoms with Crippen LogP contribution in [0.2, 0.25) is 0 Å². The van der Waals surface area contributed by atoms with Gasteiger partial charge in [0.15, 0.2) is 6.10 Å². The lowest BCUT2D eigenvalue weighted by Crippen LogP contribution is -2.22. The lowest BCUT2D eigenvalue weighted by Gasteiger charge is -2.22. The molecule has 0 radical (unpaired) electrons. The third-order valence-corrected chi connectivity index (χ3v) is 4.33. The summed E-state index contributed by atoms with van der Waals surface area (Å²) in [4.78, 5) is 12.3. The monoisotopic (exact) mass is 315 g/mol. The molecule has 0 saturated heterocycles. The SMILES string of the molecule is COc1cccc(C(O)C(=O)Nc2cc(C3CCC3)nn2C)c1.